The molecule has 0 fully saturated rings. The van der Waals surface area contributed by atoms with Crippen LogP contribution in [0.5, 0.6) is 5.75 Å². The van der Waals surface area contributed by atoms with Gasteiger partial charge < -0.3 is 16.2 Å². The Morgan fingerprint density at radius 1 is 1.33 bits per heavy atom. The topological polar surface area (TPSA) is 58.3 Å². The molecule has 0 unspecified atom stereocenters. The monoisotopic (exact) mass is 220 g/mol. The van der Waals surface area contributed by atoms with Crippen LogP contribution in [0.25, 0.3) is 0 Å². The molecule has 0 saturated carbocycles. The largest absolute Gasteiger partial charge is 0.507 e. The zero-order valence-corrected chi connectivity index (χ0v) is 7.80. The van der Waals surface area contributed by atoms with Gasteiger partial charge in [0.15, 0.2) is 0 Å². The predicted molar refractivity (Wildman–Crippen MR) is 50.7 cm³/mol. The van der Waals surface area contributed by atoms with Crippen LogP contribution in [0.4, 0.5) is 18.9 Å². The van der Waals surface area contributed by atoms with Gasteiger partial charge in [0.1, 0.15) is 5.75 Å². The normalized spacial score (nSPS) is 11.5. The van der Waals surface area contributed by atoms with Gasteiger partial charge in [0.2, 0.25) is 0 Å². The van der Waals surface area contributed by atoms with Crippen LogP contribution >= 0.6 is 0 Å². The Hall–Kier alpha value is -1.43. The Kier molecular flexibility index (Phi) is 3.41. The van der Waals surface area contributed by atoms with E-state index in [-0.39, 0.29) is 5.69 Å². The van der Waals surface area contributed by atoms with E-state index in [4.69, 9.17) is 10.8 Å². The Bertz CT molecular complexity index is 339. The highest BCUT2D eigenvalue weighted by atomic mass is 19.4. The maximum absolute atomic E-state index is 12.3. The number of alkyl halides is 3. The lowest BCUT2D eigenvalue weighted by molar-refractivity contribution is -0.138. The average Bonchev–Trinajstić information content (AvgIpc) is 2.15. The van der Waals surface area contributed by atoms with Crippen molar-refractivity contribution in [2.45, 2.75) is 6.18 Å². The second-order valence-corrected chi connectivity index (χ2v) is 2.95. The molecule has 0 aromatic heterocycles. The van der Waals surface area contributed by atoms with Crippen molar-refractivity contribution >= 4 is 5.69 Å². The van der Waals surface area contributed by atoms with Crippen molar-refractivity contribution in [2.24, 2.45) is 5.73 Å². The summed E-state index contributed by atoms with van der Waals surface area (Å²) in [7, 11) is 0. The number of phenols is 1. The Morgan fingerprint density at radius 3 is 2.53 bits per heavy atom. The number of hydrogen-bond donors (Lipinski definition) is 3. The van der Waals surface area contributed by atoms with Gasteiger partial charge >= 0.3 is 6.18 Å². The molecular formula is C9H11F3N2O. The molecule has 1 rings (SSSR count). The Labute approximate surface area is 84.7 Å². The maximum atomic E-state index is 12.3. The molecule has 0 saturated heterocycles. The number of nitrogens with two attached hydrogens (primary N) is 1. The summed E-state index contributed by atoms with van der Waals surface area (Å²) in [6, 6.07) is 3.22. The number of phenolic OH excluding ortho intramolecular Hbond substituents is 1. The van der Waals surface area contributed by atoms with Gasteiger partial charge in [0.05, 0.1) is 5.56 Å². The standard InChI is InChI=1S/C9H11F3N2O/c10-9(11,12)7-5-6(14-4-3-13)1-2-8(7)15/h1-2,5,14-15H,3-4,13H2. The summed E-state index contributed by atoms with van der Waals surface area (Å²) in [6.07, 6.45) is -4.55. The highest BCUT2D eigenvalue weighted by Gasteiger charge is 2.33. The van der Waals surface area contributed by atoms with Crippen molar-refractivity contribution < 1.29 is 18.3 Å². The minimum Gasteiger partial charge on any atom is -0.507 e. The van der Waals surface area contributed by atoms with Gasteiger partial charge in [-0.25, -0.2) is 0 Å². The Balaban J connectivity index is 2.95. The van der Waals surface area contributed by atoms with E-state index < -0.39 is 17.5 Å². The van der Waals surface area contributed by atoms with E-state index in [0.29, 0.717) is 13.1 Å². The van der Waals surface area contributed by atoms with E-state index in [1.807, 2.05) is 0 Å². The van der Waals surface area contributed by atoms with E-state index in [0.717, 1.165) is 12.1 Å². The van der Waals surface area contributed by atoms with E-state index in [1.54, 1.807) is 0 Å². The number of nitrogens with one attached hydrogen (secondary N) is 1. The van der Waals surface area contributed by atoms with Gasteiger partial charge in [-0.3, -0.25) is 0 Å². The second-order valence-electron chi connectivity index (χ2n) is 2.95. The molecule has 6 heteroatoms. The lowest BCUT2D eigenvalue weighted by Crippen LogP contribution is -2.14. The van der Waals surface area contributed by atoms with Crippen LogP contribution in [-0.2, 0) is 6.18 Å². The van der Waals surface area contributed by atoms with Gasteiger partial charge in [0.25, 0.3) is 0 Å². The van der Waals surface area contributed by atoms with Crippen LogP contribution in [0.2, 0.25) is 0 Å². The lowest BCUT2D eigenvalue weighted by atomic mass is 10.1. The van der Waals surface area contributed by atoms with Crippen molar-refractivity contribution in [2.75, 3.05) is 18.4 Å². The fraction of sp³-hybridized carbons (Fsp3) is 0.333. The quantitative estimate of drug-likeness (QED) is 0.680. The zero-order chi connectivity index (χ0) is 11.5. The molecule has 0 heterocycles. The van der Waals surface area contributed by atoms with Crippen molar-refractivity contribution in [3.8, 4) is 5.75 Å². The fourth-order valence-electron chi connectivity index (χ4n) is 1.09. The molecule has 0 aliphatic heterocycles. The first-order chi connectivity index (χ1) is 6.95. The van der Waals surface area contributed by atoms with Crippen LogP contribution in [0.3, 0.4) is 0 Å². The first-order valence-corrected chi connectivity index (χ1v) is 4.29. The van der Waals surface area contributed by atoms with Crippen LogP contribution in [-0.4, -0.2) is 18.2 Å². The lowest BCUT2D eigenvalue weighted by Gasteiger charge is -2.11. The summed E-state index contributed by atoms with van der Waals surface area (Å²) in [5.74, 6) is -0.777. The van der Waals surface area contributed by atoms with Crippen LogP contribution in [0.15, 0.2) is 18.2 Å². The summed E-state index contributed by atoms with van der Waals surface area (Å²) in [4.78, 5) is 0. The molecule has 0 radical (unpaired) electrons. The van der Waals surface area contributed by atoms with Gasteiger partial charge in [0, 0.05) is 18.8 Å². The number of rotatable bonds is 3. The first kappa shape index (κ1) is 11.6. The fourth-order valence-corrected chi connectivity index (χ4v) is 1.09. The SMILES string of the molecule is NCCNc1ccc(O)c(C(F)(F)F)c1. The molecule has 1 aromatic rings. The van der Waals surface area contributed by atoms with Gasteiger partial charge in [-0.15, -0.1) is 0 Å². The first-order valence-electron chi connectivity index (χ1n) is 4.29. The highest BCUT2D eigenvalue weighted by molar-refractivity contribution is 5.51. The predicted octanol–water partition coefficient (Wildman–Crippen LogP) is 1.78. The van der Waals surface area contributed by atoms with Gasteiger partial charge in [-0.2, -0.15) is 13.2 Å². The third kappa shape index (κ3) is 3.02. The molecule has 84 valence electrons. The molecule has 0 spiro atoms. The minimum atomic E-state index is -4.55. The summed E-state index contributed by atoms with van der Waals surface area (Å²) >= 11 is 0. The van der Waals surface area contributed by atoms with E-state index in [1.165, 1.54) is 6.07 Å². The number of halogens is 3. The van der Waals surface area contributed by atoms with Crippen molar-refractivity contribution in [3.05, 3.63) is 23.8 Å². The molecule has 0 amide bonds. The van der Waals surface area contributed by atoms with Crippen molar-refractivity contribution in [3.63, 3.8) is 0 Å². The third-order valence-corrected chi connectivity index (χ3v) is 1.78. The summed E-state index contributed by atoms with van der Waals surface area (Å²) < 4.78 is 37.0. The van der Waals surface area contributed by atoms with Gasteiger partial charge in [-0.1, -0.05) is 0 Å². The molecule has 0 atom stereocenters. The number of hydrogen-bond acceptors (Lipinski definition) is 3. The zero-order valence-electron chi connectivity index (χ0n) is 7.80. The molecule has 0 bridgehead atoms. The number of aromatic hydroxyl groups is 1. The summed E-state index contributed by atoms with van der Waals surface area (Å²) in [5.41, 5.74) is 4.43. The van der Waals surface area contributed by atoms with Crippen LogP contribution < -0.4 is 11.1 Å². The van der Waals surface area contributed by atoms with Crippen LogP contribution in [0, 0.1) is 0 Å². The third-order valence-electron chi connectivity index (χ3n) is 1.78. The summed E-state index contributed by atoms with van der Waals surface area (Å²) in [5, 5.41) is 11.7. The minimum absolute atomic E-state index is 0.283. The van der Waals surface area contributed by atoms with E-state index in [9.17, 15) is 13.2 Å². The number of anilines is 1. The molecule has 15 heavy (non-hydrogen) atoms. The van der Waals surface area contributed by atoms with Crippen LogP contribution in [0.1, 0.15) is 5.56 Å². The summed E-state index contributed by atoms with van der Waals surface area (Å²) in [6.45, 7) is 0.699. The smallest absolute Gasteiger partial charge is 0.420 e. The highest BCUT2D eigenvalue weighted by Crippen LogP contribution is 2.36. The van der Waals surface area contributed by atoms with Crippen molar-refractivity contribution in [1.29, 1.82) is 0 Å². The average molecular weight is 220 g/mol. The van der Waals surface area contributed by atoms with Crippen molar-refractivity contribution in [1.82, 2.24) is 0 Å². The molecule has 3 nitrogen and oxygen atoms in total. The Morgan fingerprint density at radius 2 is 2.00 bits per heavy atom. The van der Waals surface area contributed by atoms with E-state index in [2.05, 4.69) is 5.32 Å². The molecule has 0 aliphatic carbocycles. The molecule has 4 N–H and O–H groups in total. The van der Waals surface area contributed by atoms with Gasteiger partial charge in [-0.05, 0) is 18.2 Å². The van der Waals surface area contributed by atoms with E-state index >= 15 is 0 Å². The maximum Gasteiger partial charge on any atom is 0.420 e. The molecule has 0 aliphatic rings. The molecule has 1 aromatic carbocycles. The molecular weight excluding hydrogens is 209 g/mol. The number of benzene rings is 1. The second kappa shape index (κ2) is 4.39.